The molecule has 0 spiro atoms. The summed E-state index contributed by atoms with van der Waals surface area (Å²) in [5.74, 6) is -0.883. The van der Waals surface area contributed by atoms with Gasteiger partial charge in [-0.2, -0.15) is 0 Å². The molecule has 0 unspecified atom stereocenters. The molecule has 0 radical (unpaired) electrons. The van der Waals surface area contributed by atoms with E-state index in [9.17, 15) is 9.59 Å². The Morgan fingerprint density at radius 3 is 1.45 bits per heavy atom. The molecule has 220 valence electrons. The zero-order chi connectivity index (χ0) is 26.0. The van der Waals surface area contributed by atoms with Crippen molar-refractivity contribution >= 4 is 36.8 Å². The quantitative estimate of drug-likeness (QED) is 0.507. The number of fused-ring (bicyclic) bond motifs is 1. The van der Waals surface area contributed by atoms with Crippen LogP contribution in [0.15, 0.2) is 12.1 Å². The first-order chi connectivity index (χ1) is 17.6. The van der Waals surface area contributed by atoms with Crippen LogP contribution in [0.3, 0.4) is 0 Å². The van der Waals surface area contributed by atoms with Gasteiger partial charge in [0.25, 0.3) is 0 Å². The van der Waals surface area contributed by atoms with E-state index in [0.29, 0.717) is 46.2 Å². The molecule has 1 aliphatic rings. The van der Waals surface area contributed by atoms with Crippen LogP contribution in [0.25, 0.3) is 0 Å². The molecular formula is C24H40Cl2N2O10. The highest BCUT2D eigenvalue weighted by molar-refractivity contribution is 6.04. The first kappa shape index (κ1) is 36.1. The van der Waals surface area contributed by atoms with Gasteiger partial charge in [-0.15, -0.1) is 24.8 Å². The van der Waals surface area contributed by atoms with E-state index in [2.05, 4.69) is 4.90 Å². The highest BCUT2D eigenvalue weighted by Crippen LogP contribution is 2.32. The Hall–Kier alpha value is -1.90. The SMILES string of the molecule is COC(=O)c1cc2c(cc1C(=O)OC)OCCOCCOCCN(CCN)CCOCCOCCO2.Cl.Cl. The number of carbonyl (C=O) groups is 2. The lowest BCUT2D eigenvalue weighted by atomic mass is 10.1. The molecule has 1 aromatic rings. The Morgan fingerprint density at radius 1 is 0.711 bits per heavy atom. The zero-order valence-corrected chi connectivity index (χ0v) is 23.6. The van der Waals surface area contributed by atoms with Crippen LogP contribution in [0.1, 0.15) is 20.7 Å². The van der Waals surface area contributed by atoms with Crippen molar-refractivity contribution in [3.63, 3.8) is 0 Å². The summed E-state index contributed by atoms with van der Waals surface area (Å²) in [4.78, 5) is 26.7. The molecule has 1 aromatic carbocycles. The molecule has 0 saturated carbocycles. The molecule has 38 heavy (non-hydrogen) atoms. The third-order valence-electron chi connectivity index (χ3n) is 5.16. The number of ether oxygens (including phenoxy) is 8. The minimum absolute atomic E-state index is 0. The molecule has 0 bridgehead atoms. The number of nitrogens with two attached hydrogens (primary N) is 1. The fourth-order valence-electron chi connectivity index (χ4n) is 3.31. The minimum Gasteiger partial charge on any atom is -0.487 e. The summed E-state index contributed by atoms with van der Waals surface area (Å²) >= 11 is 0. The molecule has 0 aliphatic carbocycles. The van der Waals surface area contributed by atoms with Crippen LogP contribution in [-0.4, -0.2) is 123 Å². The number of methoxy groups -OCH3 is 2. The number of hydrogen-bond donors (Lipinski definition) is 1. The monoisotopic (exact) mass is 586 g/mol. The average molecular weight is 587 g/mol. The van der Waals surface area contributed by atoms with Gasteiger partial charge in [0.05, 0.1) is 78.2 Å². The van der Waals surface area contributed by atoms with Crippen LogP contribution in [0, 0.1) is 0 Å². The van der Waals surface area contributed by atoms with Crippen molar-refractivity contribution in [1.82, 2.24) is 4.90 Å². The van der Waals surface area contributed by atoms with Gasteiger partial charge in [-0.3, -0.25) is 4.90 Å². The van der Waals surface area contributed by atoms with Crippen molar-refractivity contribution < 1.29 is 47.5 Å². The van der Waals surface area contributed by atoms with Crippen molar-refractivity contribution in [1.29, 1.82) is 0 Å². The van der Waals surface area contributed by atoms with Crippen molar-refractivity contribution in [2.45, 2.75) is 0 Å². The molecular weight excluding hydrogens is 547 g/mol. The molecule has 0 fully saturated rings. The second-order valence-corrected chi connectivity index (χ2v) is 7.60. The molecule has 14 heteroatoms. The summed E-state index contributed by atoms with van der Waals surface area (Å²) in [6.45, 7) is 6.60. The largest absolute Gasteiger partial charge is 0.487 e. The van der Waals surface area contributed by atoms with Gasteiger partial charge in [0.2, 0.25) is 0 Å². The lowest BCUT2D eigenvalue weighted by Crippen LogP contribution is -2.35. The van der Waals surface area contributed by atoms with E-state index in [1.807, 2.05) is 0 Å². The summed E-state index contributed by atoms with van der Waals surface area (Å²) in [5, 5.41) is 0. The maximum Gasteiger partial charge on any atom is 0.338 e. The maximum absolute atomic E-state index is 12.3. The van der Waals surface area contributed by atoms with Gasteiger partial charge in [-0.25, -0.2) is 9.59 Å². The molecule has 1 aliphatic heterocycles. The first-order valence-electron chi connectivity index (χ1n) is 11.9. The Morgan fingerprint density at radius 2 is 1.08 bits per heavy atom. The number of hydrogen-bond acceptors (Lipinski definition) is 12. The summed E-state index contributed by atoms with van der Waals surface area (Å²) in [7, 11) is 2.45. The number of carbonyl (C=O) groups excluding carboxylic acids is 2. The molecule has 2 N–H and O–H groups in total. The number of esters is 2. The number of nitrogens with zero attached hydrogens (tertiary/aromatic N) is 1. The Bertz CT molecular complexity index is 743. The summed E-state index contributed by atoms with van der Waals surface area (Å²) < 4.78 is 43.6. The predicted molar refractivity (Wildman–Crippen MR) is 143 cm³/mol. The summed E-state index contributed by atoms with van der Waals surface area (Å²) in [6.07, 6.45) is 0. The van der Waals surface area contributed by atoms with Crippen LogP contribution in [-0.2, 0) is 28.4 Å². The topological polar surface area (TPSA) is 137 Å². The zero-order valence-electron chi connectivity index (χ0n) is 22.0. The standard InChI is InChI=1S/C24H38N2O10.2ClH/c1-29-23(27)19-17-21-22(18-20(19)24(28)30-2)36-16-14-34-12-10-32-8-6-26(4-3-25)5-7-31-9-11-33-13-15-35-21;;/h17-18H,3-16,25H2,1-2H3;2*1H. The van der Waals surface area contributed by atoms with E-state index in [1.54, 1.807) is 0 Å². The fraction of sp³-hybridized carbons (Fsp3) is 0.667. The van der Waals surface area contributed by atoms with Gasteiger partial charge in [0.15, 0.2) is 11.5 Å². The van der Waals surface area contributed by atoms with Gasteiger partial charge < -0.3 is 43.6 Å². The van der Waals surface area contributed by atoms with E-state index in [-0.39, 0.29) is 73.9 Å². The smallest absolute Gasteiger partial charge is 0.338 e. The molecule has 2 rings (SSSR count). The third kappa shape index (κ3) is 13.3. The van der Waals surface area contributed by atoms with Gasteiger partial charge in [-0.05, 0) is 12.1 Å². The van der Waals surface area contributed by atoms with Crippen LogP contribution in [0.2, 0.25) is 0 Å². The lowest BCUT2D eigenvalue weighted by molar-refractivity contribution is 0.0189. The van der Waals surface area contributed by atoms with Crippen LogP contribution in [0.4, 0.5) is 0 Å². The maximum atomic E-state index is 12.3. The van der Waals surface area contributed by atoms with E-state index in [4.69, 9.17) is 43.6 Å². The van der Waals surface area contributed by atoms with Crippen LogP contribution >= 0.6 is 24.8 Å². The first-order valence-corrected chi connectivity index (χ1v) is 11.9. The van der Waals surface area contributed by atoms with E-state index >= 15 is 0 Å². The van der Waals surface area contributed by atoms with E-state index in [1.165, 1.54) is 26.4 Å². The van der Waals surface area contributed by atoms with Gasteiger partial charge in [-0.1, -0.05) is 0 Å². The number of rotatable bonds is 4. The Labute approximate surface area is 236 Å². The third-order valence-corrected chi connectivity index (χ3v) is 5.16. The van der Waals surface area contributed by atoms with Crippen LogP contribution < -0.4 is 15.2 Å². The average Bonchev–Trinajstić information content (AvgIpc) is 2.89. The molecule has 0 saturated heterocycles. The van der Waals surface area contributed by atoms with Crippen LogP contribution in [0.5, 0.6) is 11.5 Å². The van der Waals surface area contributed by atoms with Crippen molar-refractivity contribution in [2.75, 3.05) is 106 Å². The Kier molecular flexibility index (Phi) is 20.9. The van der Waals surface area contributed by atoms with Gasteiger partial charge in [0.1, 0.15) is 13.2 Å². The highest BCUT2D eigenvalue weighted by atomic mass is 35.5. The number of benzene rings is 1. The summed E-state index contributed by atoms with van der Waals surface area (Å²) in [6, 6.07) is 2.79. The Balaban J connectivity index is 0.00000684. The summed E-state index contributed by atoms with van der Waals surface area (Å²) in [5.41, 5.74) is 5.70. The molecule has 0 aromatic heterocycles. The normalized spacial score (nSPS) is 17.0. The van der Waals surface area contributed by atoms with Gasteiger partial charge >= 0.3 is 11.9 Å². The second-order valence-electron chi connectivity index (χ2n) is 7.60. The van der Waals surface area contributed by atoms with E-state index in [0.717, 1.165) is 19.6 Å². The van der Waals surface area contributed by atoms with Crippen molar-refractivity contribution in [3.8, 4) is 11.5 Å². The molecule has 0 amide bonds. The number of halogens is 2. The second kappa shape index (κ2) is 22.0. The van der Waals surface area contributed by atoms with Gasteiger partial charge in [0, 0.05) is 26.2 Å². The minimum atomic E-state index is -0.703. The van der Waals surface area contributed by atoms with Crippen molar-refractivity contribution in [2.24, 2.45) is 5.73 Å². The predicted octanol–water partition coefficient (Wildman–Crippen LogP) is 1.20. The molecule has 1 heterocycles. The van der Waals surface area contributed by atoms with E-state index < -0.39 is 11.9 Å². The van der Waals surface area contributed by atoms with Crippen molar-refractivity contribution in [3.05, 3.63) is 23.3 Å². The molecule has 0 atom stereocenters. The lowest BCUT2D eigenvalue weighted by Gasteiger charge is -2.21. The highest BCUT2D eigenvalue weighted by Gasteiger charge is 2.23. The molecule has 12 nitrogen and oxygen atoms in total. The fourth-order valence-corrected chi connectivity index (χ4v) is 3.31.